The summed E-state index contributed by atoms with van der Waals surface area (Å²) in [6.07, 6.45) is -2.89. The zero-order chi connectivity index (χ0) is 18.2. The summed E-state index contributed by atoms with van der Waals surface area (Å²) in [6, 6.07) is 3.31. The molecule has 0 spiro atoms. The Balaban J connectivity index is 1.98. The lowest BCUT2D eigenvalue weighted by Crippen LogP contribution is -2.33. The Morgan fingerprint density at radius 2 is 1.92 bits per heavy atom. The number of rotatable bonds is 3. The number of nitrogens with one attached hydrogen (secondary N) is 1. The van der Waals surface area contributed by atoms with Crippen molar-refractivity contribution in [3.8, 4) is 0 Å². The van der Waals surface area contributed by atoms with Gasteiger partial charge in [0.25, 0.3) is 0 Å². The number of alkyl halides is 3. The number of halogens is 5. The molecule has 2 aromatic rings. The van der Waals surface area contributed by atoms with Crippen molar-refractivity contribution in [1.82, 2.24) is 9.88 Å². The quantitative estimate of drug-likeness (QED) is 0.758. The number of aromatic nitrogens is 1. The second-order valence-electron chi connectivity index (χ2n) is 5.78. The number of benzene rings is 1. The van der Waals surface area contributed by atoms with E-state index in [0.29, 0.717) is 17.6 Å². The smallest absolute Gasteiger partial charge is 0.376 e. The molecule has 1 amide bonds. The standard InChI is InChI=1S/C16H14BrF4N3O/c17-9-5-10-12(22-8-14(25)24-3-1-2-4-24)7-13(16(19,20)21)23-15(10)11(18)6-9/h5-7H,1-4,8H2,(H,22,23). The molecule has 9 heteroatoms. The number of amides is 1. The number of anilines is 1. The molecule has 2 heterocycles. The predicted molar refractivity (Wildman–Crippen MR) is 88.7 cm³/mol. The summed E-state index contributed by atoms with van der Waals surface area (Å²) in [5.41, 5.74) is -1.59. The Labute approximate surface area is 149 Å². The zero-order valence-electron chi connectivity index (χ0n) is 13.0. The van der Waals surface area contributed by atoms with Crippen molar-refractivity contribution < 1.29 is 22.4 Å². The van der Waals surface area contributed by atoms with Gasteiger partial charge in [0.15, 0.2) is 5.82 Å². The van der Waals surface area contributed by atoms with Crippen molar-refractivity contribution in [3.63, 3.8) is 0 Å². The molecule has 25 heavy (non-hydrogen) atoms. The van der Waals surface area contributed by atoms with E-state index in [-0.39, 0.29) is 23.5 Å². The van der Waals surface area contributed by atoms with Gasteiger partial charge in [-0.2, -0.15) is 13.2 Å². The first kappa shape index (κ1) is 17.9. The van der Waals surface area contributed by atoms with Crippen LogP contribution in [0.5, 0.6) is 0 Å². The number of carbonyl (C=O) groups excluding carboxylic acids is 1. The summed E-state index contributed by atoms with van der Waals surface area (Å²) in [6.45, 7) is 1.13. The van der Waals surface area contributed by atoms with Crippen molar-refractivity contribution in [2.45, 2.75) is 19.0 Å². The first-order valence-electron chi connectivity index (χ1n) is 7.64. The lowest BCUT2D eigenvalue weighted by atomic mass is 10.1. The molecule has 0 aliphatic carbocycles. The monoisotopic (exact) mass is 419 g/mol. The Kier molecular flexibility index (Phi) is 4.86. The number of pyridine rings is 1. The normalized spacial score (nSPS) is 15.0. The molecule has 0 unspecified atom stereocenters. The maximum atomic E-state index is 14.1. The minimum absolute atomic E-state index is 0.0186. The SMILES string of the molecule is O=C(CNc1cc(C(F)(F)F)nc2c(F)cc(Br)cc12)N1CCCC1. The van der Waals surface area contributed by atoms with Gasteiger partial charge < -0.3 is 10.2 Å². The van der Waals surface area contributed by atoms with E-state index in [1.807, 2.05) is 0 Å². The van der Waals surface area contributed by atoms with Crippen molar-refractivity contribution in [2.24, 2.45) is 0 Å². The van der Waals surface area contributed by atoms with Gasteiger partial charge in [-0.25, -0.2) is 9.37 Å². The minimum Gasteiger partial charge on any atom is -0.376 e. The van der Waals surface area contributed by atoms with Crippen molar-refractivity contribution in [2.75, 3.05) is 25.0 Å². The largest absolute Gasteiger partial charge is 0.433 e. The molecule has 134 valence electrons. The highest BCUT2D eigenvalue weighted by molar-refractivity contribution is 9.10. The lowest BCUT2D eigenvalue weighted by molar-refractivity contribution is -0.140. The second kappa shape index (κ2) is 6.78. The number of nitrogens with zero attached hydrogens (tertiary/aromatic N) is 2. The van der Waals surface area contributed by atoms with Crippen molar-refractivity contribution >= 4 is 38.4 Å². The maximum Gasteiger partial charge on any atom is 0.433 e. The number of fused-ring (bicyclic) bond motifs is 1. The van der Waals surface area contributed by atoms with Crippen LogP contribution in [0.15, 0.2) is 22.7 Å². The molecule has 1 aromatic carbocycles. The number of hydrogen-bond donors (Lipinski definition) is 1. The van der Waals surface area contributed by atoms with Gasteiger partial charge in [-0.05, 0) is 31.0 Å². The highest BCUT2D eigenvalue weighted by atomic mass is 79.9. The molecule has 1 fully saturated rings. The van der Waals surface area contributed by atoms with Crippen LogP contribution in [0, 0.1) is 5.82 Å². The first-order valence-corrected chi connectivity index (χ1v) is 8.43. The molecule has 0 bridgehead atoms. The van der Waals surface area contributed by atoms with E-state index in [2.05, 4.69) is 26.2 Å². The van der Waals surface area contributed by atoms with Gasteiger partial charge >= 0.3 is 6.18 Å². The molecule has 3 rings (SSSR count). The van der Waals surface area contributed by atoms with E-state index in [1.54, 1.807) is 4.90 Å². The zero-order valence-corrected chi connectivity index (χ0v) is 14.5. The van der Waals surface area contributed by atoms with E-state index in [4.69, 9.17) is 0 Å². The summed E-state index contributed by atoms with van der Waals surface area (Å²) in [5.74, 6) is -1.07. The second-order valence-corrected chi connectivity index (χ2v) is 6.69. The van der Waals surface area contributed by atoms with Crippen LogP contribution in [0.2, 0.25) is 0 Å². The summed E-state index contributed by atoms with van der Waals surface area (Å²) < 4.78 is 53.6. The highest BCUT2D eigenvalue weighted by Gasteiger charge is 2.34. The molecule has 1 aliphatic heterocycles. The van der Waals surface area contributed by atoms with E-state index < -0.39 is 23.2 Å². The Morgan fingerprint density at radius 1 is 1.24 bits per heavy atom. The Bertz CT molecular complexity index is 819. The lowest BCUT2D eigenvalue weighted by Gasteiger charge is -2.18. The fourth-order valence-electron chi connectivity index (χ4n) is 2.79. The van der Waals surface area contributed by atoms with Crippen LogP contribution in [0.1, 0.15) is 18.5 Å². The van der Waals surface area contributed by atoms with Crippen LogP contribution in [-0.4, -0.2) is 35.4 Å². The molecular weight excluding hydrogens is 406 g/mol. The van der Waals surface area contributed by atoms with E-state index in [0.717, 1.165) is 25.0 Å². The van der Waals surface area contributed by atoms with E-state index in [1.165, 1.54) is 6.07 Å². The van der Waals surface area contributed by atoms with Gasteiger partial charge in [-0.1, -0.05) is 15.9 Å². The van der Waals surface area contributed by atoms with Crippen molar-refractivity contribution in [3.05, 3.63) is 34.2 Å². The molecule has 1 aromatic heterocycles. The number of likely N-dealkylation sites (tertiary alicyclic amines) is 1. The summed E-state index contributed by atoms with van der Waals surface area (Å²) in [7, 11) is 0. The van der Waals surface area contributed by atoms with Crippen LogP contribution in [-0.2, 0) is 11.0 Å². The maximum absolute atomic E-state index is 14.1. The Morgan fingerprint density at radius 3 is 2.56 bits per heavy atom. The van der Waals surface area contributed by atoms with Crippen molar-refractivity contribution in [1.29, 1.82) is 0 Å². The topological polar surface area (TPSA) is 45.2 Å². The number of hydrogen-bond acceptors (Lipinski definition) is 3. The van der Waals surface area contributed by atoms with Gasteiger partial charge in [0, 0.05) is 28.6 Å². The summed E-state index contributed by atoms with van der Waals surface area (Å²) in [4.78, 5) is 17.2. The van der Waals surface area contributed by atoms with Gasteiger partial charge in [0.2, 0.25) is 5.91 Å². The van der Waals surface area contributed by atoms with E-state index in [9.17, 15) is 22.4 Å². The van der Waals surface area contributed by atoms with E-state index >= 15 is 0 Å². The van der Waals surface area contributed by atoms with Gasteiger partial charge in [-0.15, -0.1) is 0 Å². The van der Waals surface area contributed by atoms with Crippen LogP contribution in [0.25, 0.3) is 10.9 Å². The summed E-state index contributed by atoms with van der Waals surface area (Å²) in [5, 5.41) is 2.89. The third-order valence-electron chi connectivity index (χ3n) is 4.01. The molecule has 1 saturated heterocycles. The van der Waals surface area contributed by atoms with Gasteiger partial charge in [-0.3, -0.25) is 4.79 Å². The van der Waals surface area contributed by atoms with Crippen LogP contribution in [0.3, 0.4) is 0 Å². The van der Waals surface area contributed by atoms with Crippen LogP contribution >= 0.6 is 15.9 Å². The van der Waals surface area contributed by atoms with Gasteiger partial charge in [0.1, 0.15) is 11.2 Å². The third-order valence-corrected chi connectivity index (χ3v) is 4.47. The predicted octanol–water partition coefficient (Wildman–Crippen LogP) is 4.19. The number of carbonyl (C=O) groups is 1. The molecule has 0 radical (unpaired) electrons. The highest BCUT2D eigenvalue weighted by Crippen LogP contribution is 2.35. The fourth-order valence-corrected chi connectivity index (χ4v) is 3.22. The molecule has 1 N–H and O–H groups in total. The van der Waals surface area contributed by atoms with Gasteiger partial charge in [0.05, 0.1) is 6.54 Å². The molecule has 0 atom stereocenters. The Hall–Kier alpha value is -1.90. The molecular formula is C16H14BrF4N3O. The molecule has 0 saturated carbocycles. The fraction of sp³-hybridized carbons (Fsp3) is 0.375. The van der Waals surface area contributed by atoms with Crippen LogP contribution < -0.4 is 5.32 Å². The molecule has 4 nitrogen and oxygen atoms in total. The van der Waals surface area contributed by atoms with Crippen LogP contribution in [0.4, 0.5) is 23.2 Å². The molecule has 1 aliphatic rings. The first-order chi connectivity index (χ1) is 11.8. The average molecular weight is 420 g/mol. The summed E-state index contributed by atoms with van der Waals surface area (Å²) >= 11 is 3.12. The minimum atomic E-state index is -4.72. The third kappa shape index (κ3) is 3.86. The average Bonchev–Trinajstić information content (AvgIpc) is 3.05.